The highest BCUT2D eigenvalue weighted by Gasteiger charge is 2.22. The Morgan fingerprint density at radius 3 is 2.16 bits per heavy atom. The van der Waals surface area contributed by atoms with E-state index in [0.717, 1.165) is 43.7 Å². The second-order valence-corrected chi connectivity index (χ2v) is 7.89. The van der Waals surface area contributed by atoms with E-state index in [1.807, 2.05) is 12.1 Å². The summed E-state index contributed by atoms with van der Waals surface area (Å²) in [5.74, 6) is 1.80. The van der Waals surface area contributed by atoms with Gasteiger partial charge in [0.1, 0.15) is 0 Å². The lowest BCUT2D eigenvalue weighted by Gasteiger charge is -2.38. The number of nitro benzene ring substituents is 1. The van der Waals surface area contributed by atoms with Gasteiger partial charge >= 0.3 is 0 Å². The van der Waals surface area contributed by atoms with Crippen LogP contribution in [0, 0.1) is 22.0 Å². The van der Waals surface area contributed by atoms with E-state index in [4.69, 9.17) is 0 Å². The zero-order chi connectivity index (χ0) is 17.6. The van der Waals surface area contributed by atoms with E-state index in [2.05, 4.69) is 16.7 Å². The van der Waals surface area contributed by atoms with Crippen molar-refractivity contribution in [2.75, 3.05) is 37.6 Å². The molecule has 1 aromatic rings. The zero-order valence-electron chi connectivity index (χ0n) is 15.4. The van der Waals surface area contributed by atoms with Gasteiger partial charge in [0, 0.05) is 50.5 Å². The minimum atomic E-state index is -0.336. The first-order chi connectivity index (χ1) is 12.1. The van der Waals surface area contributed by atoms with Gasteiger partial charge < -0.3 is 4.90 Å². The summed E-state index contributed by atoms with van der Waals surface area (Å²) in [6, 6.07) is 6.97. The van der Waals surface area contributed by atoms with E-state index >= 15 is 0 Å². The van der Waals surface area contributed by atoms with Gasteiger partial charge in [0.25, 0.3) is 5.69 Å². The van der Waals surface area contributed by atoms with E-state index in [1.54, 1.807) is 12.1 Å². The Kier molecular flexibility index (Phi) is 6.29. The summed E-state index contributed by atoms with van der Waals surface area (Å²) in [5.41, 5.74) is 1.27. The van der Waals surface area contributed by atoms with E-state index in [-0.39, 0.29) is 10.6 Å². The molecule has 3 rings (SSSR count). The molecule has 2 aliphatic rings. The van der Waals surface area contributed by atoms with Gasteiger partial charge in [0.15, 0.2) is 0 Å². The van der Waals surface area contributed by atoms with Crippen LogP contribution in [0.1, 0.15) is 45.4 Å². The van der Waals surface area contributed by atoms with Crippen LogP contribution in [0.3, 0.4) is 0 Å². The summed E-state index contributed by atoms with van der Waals surface area (Å²) in [7, 11) is 0. The van der Waals surface area contributed by atoms with Crippen LogP contribution in [0.25, 0.3) is 0 Å². The highest BCUT2D eigenvalue weighted by atomic mass is 16.6. The number of hydrogen-bond donors (Lipinski definition) is 0. The van der Waals surface area contributed by atoms with E-state index in [0.29, 0.717) is 0 Å². The third-order valence-electron chi connectivity index (χ3n) is 5.93. The topological polar surface area (TPSA) is 49.6 Å². The molecule has 0 atom stereocenters. The third kappa shape index (κ3) is 5.18. The molecule has 1 saturated heterocycles. The summed E-state index contributed by atoms with van der Waals surface area (Å²) in [4.78, 5) is 15.4. The predicted octanol–water partition coefficient (Wildman–Crippen LogP) is 4.32. The number of nitro groups is 1. The van der Waals surface area contributed by atoms with E-state index < -0.39 is 0 Å². The Hall–Kier alpha value is -1.62. The maximum absolute atomic E-state index is 10.8. The average Bonchev–Trinajstić information content (AvgIpc) is 2.60. The number of non-ortho nitro benzene ring substituents is 1. The number of anilines is 1. The second kappa shape index (κ2) is 8.65. The Balaban J connectivity index is 1.46. The lowest BCUT2D eigenvalue weighted by Crippen LogP contribution is -2.47. The normalized spacial score (nSPS) is 26.0. The Labute approximate surface area is 151 Å². The molecule has 25 heavy (non-hydrogen) atoms. The van der Waals surface area contributed by atoms with Crippen molar-refractivity contribution in [3.8, 4) is 0 Å². The number of benzene rings is 1. The Morgan fingerprint density at radius 1 is 1.00 bits per heavy atom. The number of nitrogens with zero attached hydrogens (tertiary/aromatic N) is 3. The highest BCUT2D eigenvalue weighted by molar-refractivity contribution is 5.51. The molecule has 2 fully saturated rings. The molecule has 0 amide bonds. The molecule has 1 heterocycles. The van der Waals surface area contributed by atoms with Crippen molar-refractivity contribution < 1.29 is 4.92 Å². The lowest BCUT2D eigenvalue weighted by atomic mass is 9.86. The van der Waals surface area contributed by atoms with Gasteiger partial charge in [-0.2, -0.15) is 0 Å². The molecule has 1 aliphatic carbocycles. The van der Waals surface area contributed by atoms with Crippen LogP contribution >= 0.6 is 0 Å². The van der Waals surface area contributed by atoms with Gasteiger partial charge in [-0.15, -0.1) is 0 Å². The second-order valence-electron chi connectivity index (χ2n) is 7.89. The summed E-state index contributed by atoms with van der Waals surface area (Å²) in [6.07, 6.45) is 8.40. The van der Waals surface area contributed by atoms with Gasteiger partial charge in [0.2, 0.25) is 0 Å². The van der Waals surface area contributed by atoms with Crippen molar-refractivity contribution in [1.82, 2.24) is 4.90 Å². The Bertz CT molecular complexity index is 543. The zero-order valence-corrected chi connectivity index (χ0v) is 15.4. The molecular weight excluding hydrogens is 314 g/mol. The molecule has 0 bridgehead atoms. The van der Waals surface area contributed by atoms with Crippen LogP contribution in [0.5, 0.6) is 0 Å². The largest absolute Gasteiger partial charge is 0.369 e. The van der Waals surface area contributed by atoms with E-state index in [1.165, 1.54) is 45.1 Å². The first-order valence-electron chi connectivity index (χ1n) is 9.83. The first kappa shape index (κ1) is 18.2. The van der Waals surface area contributed by atoms with Gasteiger partial charge in [-0.25, -0.2) is 0 Å². The summed E-state index contributed by atoms with van der Waals surface area (Å²) >= 11 is 0. The predicted molar refractivity (Wildman–Crippen MR) is 102 cm³/mol. The molecule has 1 saturated carbocycles. The molecule has 0 aromatic heterocycles. The minimum Gasteiger partial charge on any atom is -0.369 e. The van der Waals surface area contributed by atoms with Crippen molar-refractivity contribution >= 4 is 11.4 Å². The van der Waals surface area contributed by atoms with Gasteiger partial charge in [0.05, 0.1) is 4.92 Å². The molecular formula is C20H31N3O2. The molecule has 1 aromatic carbocycles. The molecule has 1 aliphatic heterocycles. The van der Waals surface area contributed by atoms with Gasteiger partial charge in [-0.05, 0) is 36.8 Å². The van der Waals surface area contributed by atoms with Crippen LogP contribution in [0.2, 0.25) is 0 Å². The fraction of sp³-hybridized carbons (Fsp3) is 0.700. The number of rotatable bonds is 4. The quantitative estimate of drug-likeness (QED) is 0.602. The number of hydrogen-bond acceptors (Lipinski definition) is 4. The van der Waals surface area contributed by atoms with Gasteiger partial charge in [-0.3, -0.25) is 15.0 Å². The Morgan fingerprint density at radius 2 is 1.60 bits per heavy atom. The molecule has 5 nitrogen and oxygen atoms in total. The maximum Gasteiger partial charge on any atom is 0.269 e. The van der Waals surface area contributed by atoms with Crippen molar-refractivity contribution in [2.24, 2.45) is 11.8 Å². The molecule has 0 unspecified atom stereocenters. The number of piperazine rings is 1. The van der Waals surface area contributed by atoms with Crippen molar-refractivity contribution in [1.29, 1.82) is 0 Å². The summed E-state index contributed by atoms with van der Waals surface area (Å²) in [5, 5.41) is 10.8. The van der Waals surface area contributed by atoms with Crippen molar-refractivity contribution in [3.05, 3.63) is 34.4 Å². The monoisotopic (exact) mass is 345 g/mol. The lowest BCUT2D eigenvalue weighted by molar-refractivity contribution is -0.384. The fourth-order valence-corrected chi connectivity index (χ4v) is 4.32. The smallest absolute Gasteiger partial charge is 0.269 e. The van der Waals surface area contributed by atoms with Crippen LogP contribution < -0.4 is 4.90 Å². The van der Waals surface area contributed by atoms with Crippen LogP contribution in [0.4, 0.5) is 11.4 Å². The van der Waals surface area contributed by atoms with Crippen LogP contribution in [0.15, 0.2) is 24.3 Å². The first-order valence-corrected chi connectivity index (χ1v) is 9.83. The molecule has 5 heteroatoms. The molecule has 138 valence electrons. The molecule has 0 radical (unpaired) electrons. The summed E-state index contributed by atoms with van der Waals surface area (Å²) < 4.78 is 0. The van der Waals surface area contributed by atoms with E-state index in [9.17, 15) is 10.1 Å². The van der Waals surface area contributed by atoms with Crippen molar-refractivity contribution in [3.63, 3.8) is 0 Å². The molecule has 0 spiro atoms. The SMILES string of the molecule is CC1CCCC(CN2CCN(c3ccc([N+](=O)[O-])cc3)CC2)CCC1. The molecule has 0 N–H and O–H groups in total. The third-order valence-corrected chi connectivity index (χ3v) is 5.93. The standard InChI is InChI=1S/C20H31N3O2/c1-17-4-2-6-18(7-3-5-17)16-21-12-14-22(15-13-21)19-8-10-20(11-9-19)23(24)25/h8-11,17-18H,2-7,12-16H2,1H3. The fourth-order valence-electron chi connectivity index (χ4n) is 4.32. The highest BCUT2D eigenvalue weighted by Crippen LogP contribution is 2.27. The van der Waals surface area contributed by atoms with Gasteiger partial charge in [-0.1, -0.05) is 32.6 Å². The van der Waals surface area contributed by atoms with Crippen LogP contribution in [-0.4, -0.2) is 42.5 Å². The maximum atomic E-state index is 10.8. The average molecular weight is 345 g/mol. The summed E-state index contributed by atoms with van der Waals surface area (Å²) in [6.45, 7) is 7.89. The van der Waals surface area contributed by atoms with Crippen molar-refractivity contribution in [2.45, 2.75) is 45.4 Å². The van der Waals surface area contributed by atoms with Crippen LogP contribution in [-0.2, 0) is 0 Å². The minimum absolute atomic E-state index is 0.168.